The van der Waals surface area contributed by atoms with Crippen molar-refractivity contribution in [3.63, 3.8) is 0 Å². The van der Waals surface area contributed by atoms with E-state index in [0.29, 0.717) is 94.6 Å². The number of carboxylic acids is 1. The van der Waals surface area contributed by atoms with Gasteiger partial charge in [0.2, 0.25) is 23.6 Å². The number of aliphatic carboxylic acids is 1. The van der Waals surface area contributed by atoms with Crippen LogP contribution in [0.2, 0.25) is 0 Å². The lowest BCUT2D eigenvalue weighted by Gasteiger charge is -2.48. The molecule has 3 saturated heterocycles. The Hall–Kier alpha value is -7.78. The molecule has 11 aliphatic rings. The van der Waals surface area contributed by atoms with E-state index in [1.54, 1.807) is 16.6 Å². The number of piperidine rings is 2. The Bertz CT molecular complexity index is 2910. The second-order valence-electron chi connectivity index (χ2n) is 18.8. The van der Waals surface area contributed by atoms with Gasteiger partial charge in [-0.3, -0.25) is 49.2 Å². The topological polar surface area (TPSA) is 239 Å². The quantitative estimate of drug-likeness (QED) is 0.147. The number of anilines is 3. The normalized spacial score (nSPS) is 24.2. The number of carbonyl (C=O) groups excluding carboxylic acids is 6. The van der Waals surface area contributed by atoms with E-state index in [1.165, 1.54) is 24.5 Å². The molecule has 70 heavy (non-hydrogen) atoms. The number of fused-ring (bicyclic) bond motifs is 2. The van der Waals surface area contributed by atoms with Crippen molar-refractivity contribution < 1.29 is 38.7 Å². The van der Waals surface area contributed by atoms with Crippen LogP contribution in [0, 0.1) is 5.92 Å². The van der Waals surface area contributed by atoms with Crippen molar-refractivity contribution in [3.05, 3.63) is 108 Å². The molecule has 6 amide bonds. The maximum atomic E-state index is 14.1. The van der Waals surface area contributed by atoms with Crippen LogP contribution in [0.15, 0.2) is 85.5 Å². The van der Waals surface area contributed by atoms with E-state index >= 15 is 0 Å². The van der Waals surface area contributed by atoms with Gasteiger partial charge in [-0.05, 0) is 85.5 Å². The number of rotatable bonds is 10. The summed E-state index contributed by atoms with van der Waals surface area (Å²) in [6.45, 7) is 3.25. The average molecular weight is 950 g/mol. The van der Waals surface area contributed by atoms with E-state index in [1.807, 2.05) is 69.1 Å². The molecule has 16 rings (SSSR count). The lowest BCUT2D eigenvalue weighted by Crippen LogP contribution is -2.60. The Labute approximate surface area is 401 Å². The zero-order valence-corrected chi connectivity index (χ0v) is 38.1. The third kappa shape index (κ3) is 8.33. The lowest BCUT2D eigenvalue weighted by atomic mass is 9.86. The highest BCUT2D eigenvalue weighted by Gasteiger charge is 2.47. The molecule has 0 spiro atoms. The predicted octanol–water partition coefficient (Wildman–Crippen LogP) is 2.85. The number of carbonyl (C=O) groups is 7. The van der Waals surface area contributed by atoms with Gasteiger partial charge in [-0.15, -0.1) is 5.12 Å². The number of benzene rings is 3. The van der Waals surface area contributed by atoms with Crippen LogP contribution in [0.1, 0.15) is 88.9 Å². The SMILES string of the molecule is O=C1CC[C@H](N2C(=O)c3ccc([C@@H](C(=O)O)N4N5CCC(CC5)CC(=O)N5CCN(CC5)c5ccc(cc5)N4Nc4ncnc5c4ncn5C4CC(NC(=O)Cc5ccccc5)C4)cc3C2=O)C(=O)N1. The number of hydrogen-bond acceptors (Lipinski definition) is 15. The van der Waals surface area contributed by atoms with Crippen LogP contribution in [0.25, 0.3) is 11.2 Å². The first kappa shape index (κ1) is 44.7. The number of imide groups is 2. The Balaban J connectivity index is 0.952. The van der Waals surface area contributed by atoms with Crippen molar-refractivity contribution >= 4 is 69.8 Å². The number of carboxylic acid groups (broad SMARTS) is 1. The van der Waals surface area contributed by atoms with Crippen LogP contribution in [-0.4, -0.2) is 137 Å². The summed E-state index contributed by atoms with van der Waals surface area (Å²) < 4.78 is 1.97. The summed E-state index contributed by atoms with van der Waals surface area (Å²) in [6, 6.07) is 18.8. The van der Waals surface area contributed by atoms with Crippen molar-refractivity contribution in [2.75, 3.05) is 54.7 Å². The minimum atomic E-state index is -1.54. The molecular formula is C49H51N13O8. The first-order valence-electron chi connectivity index (χ1n) is 23.8. The van der Waals surface area contributed by atoms with Crippen molar-refractivity contribution in [1.29, 1.82) is 0 Å². The third-order valence-corrected chi connectivity index (χ3v) is 14.5. The molecule has 2 aromatic heterocycles. The van der Waals surface area contributed by atoms with Crippen LogP contribution >= 0.6 is 0 Å². The van der Waals surface area contributed by atoms with Crippen LogP contribution < -0.4 is 26.1 Å². The van der Waals surface area contributed by atoms with Gasteiger partial charge in [-0.2, -0.15) is 0 Å². The van der Waals surface area contributed by atoms with Crippen molar-refractivity contribution in [2.45, 2.75) is 75.5 Å². The van der Waals surface area contributed by atoms with E-state index in [9.17, 15) is 38.7 Å². The van der Waals surface area contributed by atoms with Crippen LogP contribution in [0.4, 0.5) is 17.2 Å². The summed E-state index contributed by atoms with van der Waals surface area (Å²) in [6.07, 6.45) is 6.19. The zero-order chi connectivity index (χ0) is 48.2. The molecule has 21 heteroatoms. The standard InChI is InChI=1S/C49H51N13O8/c63-39-13-12-38(46(66)54-39)60-47(67)36-11-6-31(24-37(36)48(60)68)43(49(69)70)62-58-16-14-30(15-17-58)23-41(65)57-20-18-56(19-21-57)33-7-9-34(10-8-33)61(62)55-44-42-45(51-27-50-44)59(28-52-42)35-25-32(26-35)53-40(64)22-29-4-2-1-3-5-29/h1-11,24,27-28,30,32,35,38,43H,12-23,25-26H2,(H,53,64)(H,69,70)(H,50,51,55)(H,54,63,66)/t32?,35?,38-,43-/m0/s1. The Morgan fingerprint density at radius 3 is 2.23 bits per heavy atom. The minimum Gasteiger partial charge on any atom is -0.480 e. The number of amides is 6. The fourth-order valence-corrected chi connectivity index (χ4v) is 10.7. The molecule has 1 aliphatic carbocycles. The summed E-state index contributed by atoms with van der Waals surface area (Å²) in [5.74, 6) is -3.63. The van der Waals surface area contributed by atoms with E-state index in [2.05, 4.69) is 30.9 Å². The Morgan fingerprint density at radius 1 is 0.786 bits per heavy atom. The number of imidazole rings is 1. The molecule has 3 aromatic carbocycles. The highest BCUT2D eigenvalue weighted by molar-refractivity contribution is 6.23. The molecule has 2 atom stereocenters. The van der Waals surface area contributed by atoms with Gasteiger partial charge in [-0.1, -0.05) is 36.4 Å². The molecule has 1 saturated carbocycles. The van der Waals surface area contributed by atoms with Crippen molar-refractivity contribution in [1.82, 2.24) is 50.1 Å². The minimum absolute atomic E-state index is 0.00601. The van der Waals surface area contributed by atoms with Crippen molar-refractivity contribution in [3.8, 4) is 0 Å². The van der Waals surface area contributed by atoms with Crippen LogP contribution in [-0.2, 0) is 30.4 Å². The van der Waals surface area contributed by atoms with Gasteiger partial charge in [-0.25, -0.2) is 25.1 Å². The molecule has 0 radical (unpaired) electrons. The monoisotopic (exact) mass is 949 g/mol. The van der Waals surface area contributed by atoms with Gasteiger partial charge in [0.15, 0.2) is 23.0 Å². The maximum Gasteiger partial charge on any atom is 0.329 e. The maximum absolute atomic E-state index is 14.1. The number of aromatic nitrogens is 4. The molecule has 4 N–H and O–H groups in total. The van der Waals surface area contributed by atoms with Gasteiger partial charge in [0.25, 0.3) is 11.8 Å². The highest BCUT2D eigenvalue weighted by Crippen LogP contribution is 2.39. The second kappa shape index (κ2) is 18.3. The van der Waals surface area contributed by atoms with Gasteiger partial charge in [0.05, 0.1) is 29.6 Å². The number of hydrazine groups is 3. The fraction of sp³-hybridized carbons (Fsp3) is 0.388. The zero-order valence-electron chi connectivity index (χ0n) is 38.1. The van der Waals surface area contributed by atoms with Gasteiger partial charge >= 0.3 is 5.97 Å². The highest BCUT2D eigenvalue weighted by atomic mass is 16.4. The van der Waals surface area contributed by atoms with Gasteiger partial charge in [0, 0.05) is 69.9 Å². The number of nitrogens with zero attached hydrogens (tertiary/aromatic N) is 10. The molecule has 0 unspecified atom stereocenters. The van der Waals surface area contributed by atoms with Crippen LogP contribution in [0.5, 0.6) is 0 Å². The predicted molar refractivity (Wildman–Crippen MR) is 251 cm³/mol. The first-order valence-corrected chi connectivity index (χ1v) is 23.8. The van der Waals surface area contributed by atoms with E-state index < -0.39 is 41.7 Å². The summed E-state index contributed by atoms with van der Waals surface area (Å²) >= 11 is 0. The lowest BCUT2D eigenvalue weighted by molar-refractivity contribution is -0.158. The largest absolute Gasteiger partial charge is 0.480 e. The molecule has 10 aliphatic heterocycles. The third-order valence-electron chi connectivity index (χ3n) is 14.5. The van der Waals surface area contributed by atoms with E-state index in [4.69, 9.17) is 4.98 Å². The molecular weight excluding hydrogens is 899 g/mol. The first-order chi connectivity index (χ1) is 34.0. The number of piperazine rings is 1. The fourth-order valence-electron chi connectivity index (χ4n) is 10.7. The van der Waals surface area contributed by atoms with Crippen molar-refractivity contribution in [2.24, 2.45) is 5.92 Å². The second-order valence-corrected chi connectivity index (χ2v) is 18.8. The summed E-state index contributed by atoms with van der Waals surface area (Å²) in [5, 5.41) is 21.9. The Morgan fingerprint density at radius 2 is 1.50 bits per heavy atom. The molecule has 12 heterocycles. The average Bonchev–Trinajstić information content (AvgIpc) is 3.89. The molecule has 360 valence electrons. The summed E-state index contributed by atoms with van der Waals surface area (Å²) in [5.41, 5.74) is 6.91. The number of hydrogen-bond donors (Lipinski definition) is 4. The van der Waals surface area contributed by atoms with Gasteiger partial charge in [0.1, 0.15) is 12.4 Å². The van der Waals surface area contributed by atoms with Crippen LogP contribution in [0.3, 0.4) is 0 Å². The molecule has 21 nitrogen and oxygen atoms in total. The summed E-state index contributed by atoms with van der Waals surface area (Å²) in [7, 11) is 0. The van der Waals surface area contributed by atoms with E-state index in [-0.39, 0.29) is 65.2 Å². The molecule has 6 bridgehead atoms. The smallest absolute Gasteiger partial charge is 0.329 e. The van der Waals surface area contributed by atoms with E-state index in [0.717, 1.165) is 16.2 Å². The Kier molecular flexibility index (Phi) is 11.7. The molecule has 5 aromatic rings. The number of nitrogens with one attached hydrogen (secondary N) is 3. The molecule has 4 fully saturated rings. The summed E-state index contributed by atoms with van der Waals surface area (Å²) in [4.78, 5) is 112. The van der Waals surface area contributed by atoms with Gasteiger partial charge < -0.3 is 24.8 Å².